The zero-order valence-corrected chi connectivity index (χ0v) is 13.3. The van der Waals surface area contributed by atoms with Crippen LogP contribution in [0.15, 0.2) is 24.5 Å². The molecule has 120 valence electrons. The molecule has 1 aromatic heterocycles. The van der Waals surface area contributed by atoms with Crippen LogP contribution in [0.1, 0.15) is 31.9 Å². The average molecular weight is 321 g/mol. The lowest BCUT2D eigenvalue weighted by Gasteiger charge is -2.48. The topological polar surface area (TPSA) is 127 Å². The van der Waals surface area contributed by atoms with Crippen LogP contribution in [0.3, 0.4) is 0 Å². The van der Waals surface area contributed by atoms with Gasteiger partial charge in [0.1, 0.15) is 6.10 Å². The second-order valence-electron chi connectivity index (χ2n) is 6.05. The van der Waals surface area contributed by atoms with Crippen LogP contribution in [0.25, 0.3) is 0 Å². The summed E-state index contributed by atoms with van der Waals surface area (Å²) >= 11 is 0. The maximum Gasteiger partial charge on any atom is 0.217 e. The second kappa shape index (κ2) is 5.03. The quantitative estimate of drug-likeness (QED) is 0.891. The first-order valence-corrected chi connectivity index (χ1v) is 7.57. The van der Waals surface area contributed by atoms with Crippen molar-refractivity contribution in [2.45, 2.75) is 32.2 Å². The van der Waals surface area contributed by atoms with Crippen molar-refractivity contribution in [3.05, 3.63) is 30.1 Å². The molecular weight excluding hydrogens is 306 g/mol. The number of hydrogen-bond acceptors (Lipinski definition) is 7. The third kappa shape index (κ3) is 1.51. The first kappa shape index (κ1) is 15.9. The summed E-state index contributed by atoms with van der Waals surface area (Å²) < 4.78 is 11.8. The fourth-order valence-corrected chi connectivity index (χ4v) is 3.87. The number of nitrogens with one attached hydrogen (secondary N) is 1. The molecule has 7 heteroatoms. The summed E-state index contributed by atoms with van der Waals surface area (Å²) in [5, 5.41) is 38.0. The summed E-state index contributed by atoms with van der Waals surface area (Å²) in [5.41, 5.74) is -3.11. The van der Waals surface area contributed by atoms with E-state index < -0.39 is 28.6 Å². The van der Waals surface area contributed by atoms with Gasteiger partial charge in [-0.25, -0.2) is 0 Å². The lowest BCUT2D eigenvalue weighted by atomic mass is 9.54. The van der Waals surface area contributed by atoms with Crippen LogP contribution < -0.4 is 0 Å². The second-order valence-corrected chi connectivity index (χ2v) is 6.05. The van der Waals surface area contributed by atoms with Crippen molar-refractivity contribution in [1.29, 1.82) is 21.2 Å². The molecule has 3 heterocycles. The van der Waals surface area contributed by atoms with Gasteiger partial charge in [0.15, 0.2) is 5.41 Å². The van der Waals surface area contributed by atoms with Crippen LogP contribution in [0.2, 0.25) is 0 Å². The molecule has 24 heavy (non-hydrogen) atoms. The van der Waals surface area contributed by atoms with Gasteiger partial charge in [-0.3, -0.25) is 10.4 Å². The smallest absolute Gasteiger partial charge is 0.217 e. The Bertz CT molecular complexity index is 804. The van der Waals surface area contributed by atoms with Crippen LogP contribution in [-0.4, -0.2) is 16.7 Å². The van der Waals surface area contributed by atoms with Crippen molar-refractivity contribution >= 4 is 5.90 Å². The van der Waals surface area contributed by atoms with Crippen LogP contribution in [0.5, 0.6) is 0 Å². The molecule has 7 nitrogen and oxygen atoms in total. The molecule has 0 unspecified atom stereocenters. The van der Waals surface area contributed by atoms with Crippen molar-refractivity contribution < 1.29 is 9.47 Å². The Labute approximate surface area is 139 Å². The molecule has 0 aromatic carbocycles. The monoisotopic (exact) mass is 321 g/mol. The zero-order chi connectivity index (χ0) is 17.6. The number of nitriles is 3. The number of hydrogen-bond donors (Lipinski definition) is 1. The fraction of sp³-hybridized carbons (Fsp3) is 0.471. The molecule has 0 radical (unpaired) electrons. The van der Waals surface area contributed by atoms with Gasteiger partial charge in [-0.2, -0.15) is 15.8 Å². The Balaban J connectivity index is 2.34. The minimum atomic E-state index is -1.91. The number of fused-ring (bicyclic) bond motifs is 2. The molecule has 2 aliphatic heterocycles. The molecule has 2 fully saturated rings. The molecule has 0 aliphatic carbocycles. The van der Waals surface area contributed by atoms with Crippen LogP contribution in [-0.2, 0) is 9.47 Å². The number of pyridine rings is 1. The molecular formula is C17H15N5O2. The lowest BCUT2D eigenvalue weighted by molar-refractivity contribution is -0.280. The van der Waals surface area contributed by atoms with E-state index in [4.69, 9.17) is 14.9 Å². The van der Waals surface area contributed by atoms with Crippen molar-refractivity contribution in [3.63, 3.8) is 0 Å². The van der Waals surface area contributed by atoms with Crippen molar-refractivity contribution in [3.8, 4) is 18.2 Å². The third-order valence-corrected chi connectivity index (χ3v) is 5.28. The van der Waals surface area contributed by atoms with Gasteiger partial charge in [0.05, 0.1) is 24.1 Å². The summed E-state index contributed by atoms with van der Waals surface area (Å²) in [6, 6.07) is 9.38. The van der Waals surface area contributed by atoms with Crippen molar-refractivity contribution in [2.75, 3.05) is 0 Å². The van der Waals surface area contributed by atoms with Gasteiger partial charge in [0, 0.05) is 24.4 Å². The highest BCUT2D eigenvalue weighted by atomic mass is 16.7. The molecule has 1 aromatic rings. The van der Waals surface area contributed by atoms with E-state index in [9.17, 15) is 15.8 Å². The van der Waals surface area contributed by atoms with Gasteiger partial charge >= 0.3 is 0 Å². The first-order valence-electron chi connectivity index (χ1n) is 7.57. The van der Waals surface area contributed by atoms with E-state index in [1.807, 2.05) is 19.1 Å². The van der Waals surface area contributed by atoms with Gasteiger partial charge in [0.25, 0.3) is 0 Å². The standard InChI is InChI=1S/C17H15N5O2/c1-3-17-11(2)16(10-20,14(21)24-17)15(8-18,9-19)13(23-17)12-5-4-6-22-7-12/h4-7,11,13,21H,3H2,1-2H3/t11-,13+,16-,17-/m1/s1. The van der Waals surface area contributed by atoms with E-state index in [-0.39, 0.29) is 5.90 Å². The molecule has 2 bridgehead atoms. The minimum Gasteiger partial charge on any atom is -0.447 e. The Kier molecular flexibility index (Phi) is 3.34. The Morgan fingerprint density at radius 3 is 2.50 bits per heavy atom. The molecule has 2 saturated heterocycles. The van der Waals surface area contributed by atoms with Gasteiger partial charge in [0.2, 0.25) is 17.1 Å². The van der Waals surface area contributed by atoms with E-state index in [1.165, 1.54) is 6.20 Å². The third-order valence-electron chi connectivity index (χ3n) is 5.28. The molecule has 0 saturated carbocycles. The summed E-state index contributed by atoms with van der Waals surface area (Å²) in [7, 11) is 0. The Morgan fingerprint density at radius 1 is 1.29 bits per heavy atom. The molecule has 2 aliphatic rings. The van der Waals surface area contributed by atoms with Crippen molar-refractivity contribution in [2.24, 2.45) is 16.7 Å². The number of rotatable bonds is 2. The average Bonchev–Trinajstić information content (AvgIpc) is 2.78. The van der Waals surface area contributed by atoms with E-state index in [2.05, 4.69) is 11.1 Å². The number of nitrogens with zero attached hydrogens (tertiary/aromatic N) is 4. The summed E-state index contributed by atoms with van der Waals surface area (Å²) in [6.07, 6.45) is 2.41. The normalized spacial score (nSPS) is 36.0. The van der Waals surface area contributed by atoms with Crippen molar-refractivity contribution in [1.82, 2.24) is 4.98 Å². The SMILES string of the molecule is CC[C@@]12OC(=N)[C@@](C#N)([C@H]1C)C(C#N)(C#N)[C@H](c1cccnc1)O2. The highest BCUT2D eigenvalue weighted by molar-refractivity contribution is 5.89. The van der Waals surface area contributed by atoms with Crippen LogP contribution in [0.4, 0.5) is 0 Å². The van der Waals surface area contributed by atoms with E-state index in [0.29, 0.717) is 12.0 Å². The van der Waals surface area contributed by atoms with Crippen LogP contribution >= 0.6 is 0 Å². The maximum absolute atomic E-state index is 9.94. The van der Waals surface area contributed by atoms with Gasteiger partial charge < -0.3 is 9.47 Å². The summed E-state index contributed by atoms with van der Waals surface area (Å²) in [6.45, 7) is 3.51. The number of ether oxygens (including phenoxy) is 2. The Hall–Kier alpha value is -2.95. The minimum absolute atomic E-state index is 0.379. The highest BCUT2D eigenvalue weighted by Crippen LogP contribution is 2.66. The van der Waals surface area contributed by atoms with E-state index in [0.717, 1.165) is 0 Å². The predicted molar refractivity (Wildman–Crippen MR) is 80.8 cm³/mol. The molecule has 0 amide bonds. The Morgan fingerprint density at radius 2 is 2.00 bits per heavy atom. The van der Waals surface area contributed by atoms with E-state index >= 15 is 0 Å². The summed E-state index contributed by atoms with van der Waals surface area (Å²) in [4.78, 5) is 4.02. The molecule has 1 N–H and O–H groups in total. The lowest BCUT2D eigenvalue weighted by Crippen LogP contribution is -2.58. The predicted octanol–water partition coefficient (Wildman–Crippen LogP) is 2.45. The first-order chi connectivity index (χ1) is 11.5. The van der Waals surface area contributed by atoms with Gasteiger partial charge in [-0.15, -0.1) is 0 Å². The molecule has 0 spiro atoms. The highest BCUT2D eigenvalue weighted by Gasteiger charge is 2.78. The van der Waals surface area contributed by atoms with Crippen LogP contribution in [0, 0.1) is 56.2 Å². The van der Waals surface area contributed by atoms with E-state index in [1.54, 1.807) is 25.3 Å². The summed E-state index contributed by atoms with van der Waals surface area (Å²) in [5.74, 6) is -2.24. The largest absolute Gasteiger partial charge is 0.447 e. The number of aromatic nitrogens is 1. The zero-order valence-electron chi connectivity index (χ0n) is 13.3. The fourth-order valence-electron chi connectivity index (χ4n) is 3.87. The molecule has 3 rings (SSSR count). The maximum atomic E-state index is 9.94. The molecule has 4 atom stereocenters. The van der Waals surface area contributed by atoms with Gasteiger partial charge in [-0.1, -0.05) is 19.9 Å². The van der Waals surface area contributed by atoms with Gasteiger partial charge in [-0.05, 0) is 6.07 Å².